The van der Waals surface area contributed by atoms with Crippen molar-refractivity contribution in [2.75, 3.05) is 30.0 Å². The van der Waals surface area contributed by atoms with Crippen molar-refractivity contribution in [2.45, 2.75) is 18.9 Å². The molecule has 2 amide bonds. The molecular formula is C18H21FN4O4S. The zero-order valence-electron chi connectivity index (χ0n) is 15.3. The van der Waals surface area contributed by atoms with E-state index < -0.39 is 21.9 Å². The van der Waals surface area contributed by atoms with Crippen LogP contribution in [0.25, 0.3) is 0 Å². The van der Waals surface area contributed by atoms with Crippen LogP contribution in [-0.4, -0.2) is 49.2 Å². The molecule has 0 bridgehead atoms. The highest BCUT2D eigenvalue weighted by Crippen LogP contribution is 2.24. The van der Waals surface area contributed by atoms with Crippen molar-refractivity contribution in [1.82, 2.24) is 9.29 Å². The first-order chi connectivity index (χ1) is 13.3. The minimum absolute atomic E-state index is 0.208. The van der Waals surface area contributed by atoms with Crippen molar-refractivity contribution in [3.63, 3.8) is 0 Å². The van der Waals surface area contributed by atoms with Crippen molar-refractivity contribution >= 4 is 27.4 Å². The second kappa shape index (κ2) is 8.53. The monoisotopic (exact) mass is 408 g/mol. The van der Waals surface area contributed by atoms with Gasteiger partial charge in [-0.25, -0.2) is 17.6 Å². The van der Waals surface area contributed by atoms with Crippen molar-refractivity contribution in [1.29, 1.82) is 0 Å². The maximum atomic E-state index is 14.0. The van der Waals surface area contributed by atoms with Crippen molar-refractivity contribution < 1.29 is 22.3 Å². The second-order valence-electron chi connectivity index (χ2n) is 6.50. The number of hydrogen-bond acceptors (Lipinski definition) is 5. The summed E-state index contributed by atoms with van der Waals surface area (Å²) in [5.41, 5.74) is 0.711. The molecule has 0 aliphatic carbocycles. The van der Waals surface area contributed by atoms with Gasteiger partial charge in [0.25, 0.3) is 0 Å². The minimum atomic E-state index is -3.30. The van der Waals surface area contributed by atoms with E-state index in [1.54, 1.807) is 18.3 Å². The highest BCUT2D eigenvalue weighted by molar-refractivity contribution is 7.88. The first-order valence-corrected chi connectivity index (χ1v) is 10.5. The maximum Gasteiger partial charge on any atom is 0.323 e. The Balaban J connectivity index is 1.65. The van der Waals surface area contributed by atoms with E-state index in [4.69, 9.17) is 4.74 Å². The van der Waals surface area contributed by atoms with Crippen molar-refractivity contribution in [3.8, 4) is 5.75 Å². The molecule has 28 heavy (non-hydrogen) atoms. The summed E-state index contributed by atoms with van der Waals surface area (Å²) < 4.78 is 44.5. The number of carbonyl (C=O) groups is 1. The predicted octanol–water partition coefficient (Wildman–Crippen LogP) is 2.67. The van der Waals surface area contributed by atoms with Crippen LogP contribution in [0.4, 0.5) is 20.6 Å². The topological polar surface area (TPSA) is 101 Å². The summed E-state index contributed by atoms with van der Waals surface area (Å²) >= 11 is 0. The summed E-state index contributed by atoms with van der Waals surface area (Å²) in [5, 5.41) is 5.12. The largest absolute Gasteiger partial charge is 0.489 e. The Kier molecular flexibility index (Phi) is 6.10. The van der Waals surface area contributed by atoms with Gasteiger partial charge >= 0.3 is 6.03 Å². The molecule has 8 nitrogen and oxygen atoms in total. The van der Waals surface area contributed by atoms with E-state index in [9.17, 15) is 17.6 Å². The number of piperidine rings is 1. The Morgan fingerprint density at radius 3 is 2.79 bits per heavy atom. The lowest BCUT2D eigenvalue weighted by Crippen LogP contribution is -2.43. The second-order valence-corrected chi connectivity index (χ2v) is 8.48. The van der Waals surface area contributed by atoms with E-state index in [1.165, 1.54) is 28.7 Å². The van der Waals surface area contributed by atoms with Gasteiger partial charge in [-0.1, -0.05) is 0 Å². The average molecular weight is 408 g/mol. The molecule has 2 aromatic rings. The fourth-order valence-electron chi connectivity index (χ4n) is 2.93. The molecule has 1 aromatic carbocycles. The number of carbonyl (C=O) groups excluding carboxylic acids is 1. The molecule has 1 atom stereocenters. The number of amides is 2. The van der Waals surface area contributed by atoms with Crippen LogP contribution < -0.4 is 15.4 Å². The Morgan fingerprint density at radius 2 is 2.07 bits per heavy atom. The van der Waals surface area contributed by atoms with Crippen LogP contribution in [0, 0.1) is 5.82 Å². The van der Waals surface area contributed by atoms with Gasteiger partial charge in [0.2, 0.25) is 10.0 Å². The Bertz CT molecular complexity index is 940. The molecule has 0 radical (unpaired) electrons. The summed E-state index contributed by atoms with van der Waals surface area (Å²) in [4.78, 5) is 16.0. The molecule has 1 fully saturated rings. The number of hydrogen-bond donors (Lipinski definition) is 2. The van der Waals surface area contributed by atoms with Crippen LogP contribution in [0.15, 0.2) is 42.7 Å². The number of aromatic nitrogens is 1. The summed E-state index contributed by atoms with van der Waals surface area (Å²) in [7, 11) is -3.30. The number of anilines is 2. The number of ether oxygens (including phenoxy) is 1. The van der Waals surface area contributed by atoms with E-state index in [0.717, 1.165) is 6.26 Å². The number of nitrogens with one attached hydrogen (secondary N) is 2. The van der Waals surface area contributed by atoms with E-state index in [0.29, 0.717) is 25.1 Å². The summed E-state index contributed by atoms with van der Waals surface area (Å²) in [6, 6.07) is 6.65. The lowest BCUT2D eigenvalue weighted by Gasteiger charge is -2.31. The molecule has 3 rings (SSSR count). The molecule has 0 saturated carbocycles. The van der Waals surface area contributed by atoms with Crippen LogP contribution in [0.2, 0.25) is 0 Å². The normalized spacial score (nSPS) is 17.7. The Morgan fingerprint density at radius 1 is 1.29 bits per heavy atom. The fraction of sp³-hybridized carbons (Fsp3) is 0.333. The van der Waals surface area contributed by atoms with Crippen LogP contribution in [0.1, 0.15) is 12.8 Å². The number of nitrogens with zero attached hydrogens (tertiary/aromatic N) is 2. The number of rotatable bonds is 5. The van der Waals surface area contributed by atoms with Crippen molar-refractivity contribution in [3.05, 3.63) is 48.5 Å². The Hall–Kier alpha value is -2.72. The van der Waals surface area contributed by atoms with E-state index in [2.05, 4.69) is 15.6 Å². The summed E-state index contributed by atoms with van der Waals surface area (Å²) in [6.45, 7) is 0.656. The Labute approximate surface area is 162 Å². The quantitative estimate of drug-likeness (QED) is 0.792. The third-order valence-corrected chi connectivity index (χ3v) is 5.43. The first kappa shape index (κ1) is 20.0. The number of urea groups is 1. The standard InChI is InChI=1S/C18H21FN4O4S/c1-28(25,26)23-7-3-5-16(12-23)27-17-9-13(19)8-15(10-17)22-18(24)21-14-4-2-6-20-11-14/h2,4,6,8-11,16H,3,5,7,12H2,1H3,(H2,21,22,24). The van der Waals surface area contributed by atoms with E-state index >= 15 is 0 Å². The van der Waals surface area contributed by atoms with Gasteiger partial charge in [0, 0.05) is 30.6 Å². The zero-order valence-corrected chi connectivity index (χ0v) is 16.1. The van der Waals surface area contributed by atoms with Crippen molar-refractivity contribution in [2.24, 2.45) is 0 Å². The van der Waals surface area contributed by atoms with Gasteiger partial charge in [-0.15, -0.1) is 0 Å². The molecular weight excluding hydrogens is 387 g/mol. The predicted molar refractivity (Wildman–Crippen MR) is 103 cm³/mol. The minimum Gasteiger partial charge on any atom is -0.489 e. The van der Waals surface area contributed by atoms with Crippen LogP contribution in [0.5, 0.6) is 5.75 Å². The summed E-state index contributed by atoms with van der Waals surface area (Å²) in [6.07, 6.45) is 5.15. The lowest BCUT2D eigenvalue weighted by atomic mass is 10.1. The van der Waals surface area contributed by atoms with Gasteiger partial charge in [0.1, 0.15) is 17.7 Å². The van der Waals surface area contributed by atoms with E-state index in [-0.39, 0.29) is 24.1 Å². The van der Waals surface area contributed by atoms with Gasteiger partial charge < -0.3 is 15.4 Å². The van der Waals surface area contributed by atoms with Gasteiger partial charge in [-0.3, -0.25) is 4.98 Å². The lowest BCUT2D eigenvalue weighted by molar-refractivity contribution is 0.130. The smallest absolute Gasteiger partial charge is 0.323 e. The molecule has 1 aromatic heterocycles. The highest BCUT2D eigenvalue weighted by atomic mass is 32.2. The molecule has 150 valence electrons. The van der Waals surface area contributed by atoms with Gasteiger partial charge in [0.05, 0.1) is 24.7 Å². The number of sulfonamides is 1. The molecule has 10 heteroatoms. The fourth-order valence-corrected chi connectivity index (χ4v) is 3.83. The summed E-state index contributed by atoms with van der Waals surface area (Å²) in [5.74, 6) is -0.359. The molecule has 1 aliphatic heterocycles. The molecule has 2 heterocycles. The van der Waals surface area contributed by atoms with Crippen LogP contribution >= 0.6 is 0 Å². The van der Waals surface area contributed by atoms with Gasteiger partial charge in [0.15, 0.2) is 0 Å². The van der Waals surface area contributed by atoms with Crippen LogP contribution in [-0.2, 0) is 10.0 Å². The number of pyridine rings is 1. The van der Waals surface area contributed by atoms with E-state index in [1.807, 2.05) is 0 Å². The van der Waals surface area contributed by atoms with Crippen LogP contribution in [0.3, 0.4) is 0 Å². The molecule has 1 aliphatic rings. The highest BCUT2D eigenvalue weighted by Gasteiger charge is 2.27. The number of benzene rings is 1. The molecule has 0 spiro atoms. The average Bonchev–Trinajstić information content (AvgIpc) is 2.61. The van der Waals surface area contributed by atoms with Gasteiger partial charge in [-0.05, 0) is 31.0 Å². The first-order valence-electron chi connectivity index (χ1n) is 8.70. The third-order valence-electron chi connectivity index (χ3n) is 4.16. The molecule has 1 unspecified atom stereocenters. The maximum absolute atomic E-state index is 14.0. The third kappa shape index (κ3) is 5.64. The molecule has 2 N–H and O–H groups in total. The SMILES string of the molecule is CS(=O)(=O)N1CCCC(Oc2cc(F)cc(NC(=O)Nc3cccnc3)c2)C1. The van der Waals surface area contributed by atoms with Gasteiger partial charge in [-0.2, -0.15) is 4.31 Å². The molecule has 1 saturated heterocycles. The zero-order chi connectivity index (χ0) is 20.1. The number of halogens is 1.